The monoisotopic (exact) mass is 327 g/mol. The van der Waals surface area contributed by atoms with Crippen molar-refractivity contribution in [2.75, 3.05) is 0 Å². The predicted molar refractivity (Wildman–Crippen MR) is 95.2 cm³/mol. The number of nitrogens with zero attached hydrogens (tertiary/aromatic N) is 4. The summed E-state index contributed by atoms with van der Waals surface area (Å²) in [5.41, 5.74) is 4.66. The number of hydrogen-bond donors (Lipinski definition) is 2. The van der Waals surface area contributed by atoms with Gasteiger partial charge in [0.15, 0.2) is 23.0 Å². The Hall–Kier alpha value is -3.72. The van der Waals surface area contributed by atoms with Crippen LogP contribution in [0.2, 0.25) is 0 Å². The third-order valence-corrected chi connectivity index (χ3v) is 3.97. The summed E-state index contributed by atoms with van der Waals surface area (Å²) in [5.74, 6) is 0.404. The van der Waals surface area contributed by atoms with Crippen molar-refractivity contribution in [3.63, 3.8) is 0 Å². The van der Waals surface area contributed by atoms with E-state index >= 15 is 0 Å². The van der Waals surface area contributed by atoms with Gasteiger partial charge in [0.1, 0.15) is 12.0 Å². The van der Waals surface area contributed by atoms with Gasteiger partial charge >= 0.3 is 0 Å². The fourth-order valence-electron chi connectivity index (χ4n) is 2.65. The van der Waals surface area contributed by atoms with E-state index in [1.807, 2.05) is 31.2 Å². The maximum atomic E-state index is 10.7. The number of rotatable bonds is 2. The molecule has 0 spiro atoms. The van der Waals surface area contributed by atoms with Crippen LogP contribution in [-0.4, -0.2) is 25.0 Å². The molecule has 4 rings (SSSR count). The molecule has 0 fully saturated rings. The third kappa shape index (κ3) is 2.58. The Balaban J connectivity index is 1.85. The largest absolute Gasteiger partial charge is 0.504 e. The van der Waals surface area contributed by atoms with Gasteiger partial charge in [-0.05, 0) is 19.1 Å². The van der Waals surface area contributed by atoms with Gasteiger partial charge in [0.2, 0.25) is 0 Å². The average molecular weight is 327 g/mol. The minimum Gasteiger partial charge on any atom is -0.504 e. The Kier molecular flexibility index (Phi) is 3.40. The summed E-state index contributed by atoms with van der Waals surface area (Å²) in [5, 5.41) is 10.7. The van der Waals surface area contributed by atoms with Crippen LogP contribution in [0.5, 0.6) is 5.75 Å². The van der Waals surface area contributed by atoms with Crippen molar-refractivity contribution in [3.8, 4) is 28.5 Å². The molecule has 2 aromatic heterocycles. The van der Waals surface area contributed by atoms with Gasteiger partial charge in [-0.2, -0.15) is 0 Å². The summed E-state index contributed by atoms with van der Waals surface area (Å²) in [7, 11) is 0. The lowest BCUT2D eigenvalue weighted by molar-refractivity contribution is 0.474. The number of fused-ring (bicyclic) bond motifs is 1. The van der Waals surface area contributed by atoms with Gasteiger partial charge in [0.25, 0.3) is 0 Å². The van der Waals surface area contributed by atoms with E-state index in [1.54, 1.807) is 18.2 Å². The van der Waals surface area contributed by atoms with Gasteiger partial charge in [-0.3, -0.25) is 0 Å². The number of nitrogens with one attached hydrogen (secondary N) is 1. The van der Waals surface area contributed by atoms with Crippen molar-refractivity contribution in [3.05, 3.63) is 65.8 Å². The summed E-state index contributed by atoms with van der Waals surface area (Å²) < 4.78 is 0. The van der Waals surface area contributed by atoms with E-state index in [9.17, 15) is 5.11 Å². The van der Waals surface area contributed by atoms with Crippen LogP contribution >= 0.6 is 0 Å². The van der Waals surface area contributed by atoms with Crippen molar-refractivity contribution < 1.29 is 5.11 Å². The van der Waals surface area contributed by atoms with Crippen LogP contribution in [0, 0.1) is 13.5 Å². The zero-order valence-electron chi connectivity index (χ0n) is 13.4. The van der Waals surface area contributed by atoms with E-state index in [1.165, 1.54) is 6.33 Å². The van der Waals surface area contributed by atoms with E-state index in [4.69, 9.17) is 6.57 Å². The molecule has 0 aliphatic carbocycles. The van der Waals surface area contributed by atoms with Crippen molar-refractivity contribution in [2.45, 2.75) is 6.92 Å². The highest BCUT2D eigenvalue weighted by Crippen LogP contribution is 2.34. The van der Waals surface area contributed by atoms with Crippen LogP contribution in [0.3, 0.4) is 0 Å². The molecule has 0 saturated carbocycles. The summed E-state index contributed by atoms with van der Waals surface area (Å²) in [4.78, 5) is 19.4. The van der Waals surface area contributed by atoms with Crippen LogP contribution in [0.1, 0.15) is 5.56 Å². The fraction of sp³-hybridized carbons (Fsp3) is 0.0526. The first-order valence-corrected chi connectivity index (χ1v) is 7.64. The minimum atomic E-state index is -0.0317. The summed E-state index contributed by atoms with van der Waals surface area (Å²) >= 11 is 0. The Morgan fingerprint density at radius 3 is 2.56 bits per heavy atom. The molecular formula is C19H13N5O. The van der Waals surface area contributed by atoms with E-state index in [0.717, 1.165) is 16.6 Å². The van der Waals surface area contributed by atoms with Gasteiger partial charge in [0, 0.05) is 5.56 Å². The third-order valence-electron chi connectivity index (χ3n) is 3.97. The van der Waals surface area contributed by atoms with Gasteiger partial charge in [-0.15, -0.1) is 0 Å². The molecule has 0 radical (unpaired) electrons. The molecule has 120 valence electrons. The predicted octanol–water partition coefficient (Wildman–Crippen LogP) is 4.25. The van der Waals surface area contributed by atoms with Crippen molar-refractivity contribution in [1.82, 2.24) is 19.9 Å². The van der Waals surface area contributed by atoms with Crippen molar-refractivity contribution in [1.29, 1.82) is 0 Å². The Labute approximate surface area is 143 Å². The van der Waals surface area contributed by atoms with E-state index in [2.05, 4.69) is 24.8 Å². The molecule has 0 amide bonds. The highest BCUT2D eigenvalue weighted by atomic mass is 16.3. The fourth-order valence-corrected chi connectivity index (χ4v) is 2.65. The highest BCUT2D eigenvalue weighted by Gasteiger charge is 2.16. The van der Waals surface area contributed by atoms with Gasteiger partial charge in [0.05, 0.1) is 17.6 Å². The second-order valence-corrected chi connectivity index (χ2v) is 5.68. The summed E-state index contributed by atoms with van der Waals surface area (Å²) in [6.07, 6.45) is 1.40. The molecule has 4 aromatic rings. The Morgan fingerprint density at radius 2 is 1.80 bits per heavy atom. The lowest BCUT2D eigenvalue weighted by atomic mass is 10.1. The van der Waals surface area contributed by atoms with Crippen LogP contribution in [-0.2, 0) is 0 Å². The number of imidazole rings is 1. The Bertz CT molecular complexity index is 1120. The number of aromatic hydroxyl groups is 1. The van der Waals surface area contributed by atoms with Crippen LogP contribution in [0.4, 0.5) is 5.69 Å². The SMILES string of the molecule is [C-]#[N+]c1ccc2nc(-c3ncnc(-c4ccc(C)cc4)c3O)[nH]c2c1. The second-order valence-electron chi connectivity index (χ2n) is 5.68. The van der Waals surface area contributed by atoms with Gasteiger partial charge in [-0.25, -0.2) is 19.8 Å². The maximum absolute atomic E-state index is 10.7. The molecule has 6 nitrogen and oxygen atoms in total. The van der Waals surface area contributed by atoms with Crippen molar-refractivity contribution >= 4 is 16.7 Å². The number of aryl methyl sites for hydroxylation is 1. The average Bonchev–Trinajstić information content (AvgIpc) is 3.05. The zero-order valence-corrected chi connectivity index (χ0v) is 13.4. The standard InChI is InChI=1S/C19H13N5O/c1-11-3-5-12(6-4-11)16-18(25)17(22-10-21-16)19-23-14-8-7-13(20-2)9-15(14)24-19/h3-10,25H,1H3,(H,23,24). The smallest absolute Gasteiger partial charge is 0.189 e. The number of aromatic amines is 1. The molecule has 0 atom stereocenters. The van der Waals surface area contributed by atoms with Crippen molar-refractivity contribution in [2.24, 2.45) is 0 Å². The van der Waals surface area contributed by atoms with E-state index in [0.29, 0.717) is 28.4 Å². The zero-order chi connectivity index (χ0) is 17.4. The minimum absolute atomic E-state index is 0.0317. The topological polar surface area (TPSA) is 79.1 Å². The first-order valence-electron chi connectivity index (χ1n) is 7.64. The van der Waals surface area contributed by atoms with Crippen LogP contribution < -0.4 is 0 Å². The lowest BCUT2D eigenvalue weighted by Gasteiger charge is -2.06. The van der Waals surface area contributed by atoms with Crippen LogP contribution in [0.25, 0.3) is 38.7 Å². The molecule has 6 heteroatoms. The summed E-state index contributed by atoms with van der Waals surface area (Å²) in [6.45, 7) is 9.09. The molecule has 2 N–H and O–H groups in total. The number of hydrogen-bond acceptors (Lipinski definition) is 4. The first-order chi connectivity index (χ1) is 12.2. The number of H-pyrrole nitrogens is 1. The van der Waals surface area contributed by atoms with Crippen LogP contribution in [0.15, 0.2) is 48.8 Å². The van der Waals surface area contributed by atoms with E-state index in [-0.39, 0.29) is 5.75 Å². The number of aromatic nitrogens is 4. The normalized spacial score (nSPS) is 10.7. The van der Waals surface area contributed by atoms with Gasteiger partial charge < -0.3 is 10.1 Å². The lowest BCUT2D eigenvalue weighted by Crippen LogP contribution is -1.93. The molecule has 2 aromatic carbocycles. The first kappa shape index (κ1) is 14.8. The molecule has 2 heterocycles. The van der Waals surface area contributed by atoms with Gasteiger partial charge in [-0.1, -0.05) is 35.9 Å². The molecule has 0 aliphatic rings. The highest BCUT2D eigenvalue weighted by molar-refractivity contribution is 5.84. The molecule has 0 aliphatic heterocycles. The molecule has 0 saturated heterocycles. The Morgan fingerprint density at radius 1 is 1.04 bits per heavy atom. The molecule has 25 heavy (non-hydrogen) atoms. The number of benzene rings is 2. The van der Waals surface area contributed by atoms with E-state index < -0.39 is 0 Å². The quantitative estimate of drug-likeness (QED) is 0.539. The molecule has 0 unspecified atom stereocenters. The second kappa shape index (κ2) is 5.73. The maximum Gasteiger partial charge on any atom is 0.189 e. The molecule has 0 bridgehead atoms. The summed E-state index contributed by atoms with van der Waals surface area (Å²) in [6, 6.07) is 12.9. The molecular weight excluding hydrogens is 314 g/mol.